The molecule has 0 spiro atoms. The van der Waals surface area contributed by atoms with Gasteiger partial charge in [0.15, 0.2) is 5.82 Å². The Hall–Kier alpha value is -2.68. The minimum absolute atomic E-state index is 0.0640. The number of aryl methyl sites for hydroxylation is 1. The predicted octanol–water partition coefficient (Wildman–Crippen LogP) is 2.99. The summed E-state index contributed by atoms with van der Waals surface area (Å²) in [5.74, 6) is 1.10. The van der Waals surface area contributed by atoms with Crippen molar-refractivity contribution in [3.05, 3.63) is 36.2 Å². The topological polar surface area (TPSA) is 83.6 Å². The number of nitriles is 1. The number of carbonyl (C=O) groups is 1. The molecule has 6 nitrogen and oxygen atoms in total. The van der Waals surface area contributed by atoms with Gasteiger partial charge in [0.25, 0.3) is 0 Å². The number of hydrogen-bond acceptors (Lipinski definition) is 4. The van der Waals surface area contributed by atoms with E-state index in [4.69, 9.17) is 0 Å². The molecule has 1 heterocycles. The molecule has 130 valence electrons. The number of nitrogens with zero attached hydrogens (tertiary/aromatic N) is 4. The van der Waals surface area contributed by atoms with Gasteiger partial charge >= 0.3 is 0 Å². The van der Waals surface area contributed by atoms with E-state index in [2.05, 4.69) is 21.5 Å². The Balaban J connectivity index is 1.76. The summed E-state index contributed by atoms with van der Waals surface area (Å²) in [6, 6.07) is 12.0. The van der Waals surface area contributed by atoms with Gasteiger partial charge in [-0.15, -0.1) is 0 Å². The molecule has 0 radical (unpaired) electrons. The van der Waals surface area contributed by atoms with Gasteiger partial charge in [-0.2, -0.15) is 10.4 Å². The number of rotatable bonds is 4. The van der Waals surface area contributed by atoms with Crippen LogP contribution in [0.5, 0.6) is 0 Å². The molecule has 1 saturated carbocycles. The molecule has 0 bridgehead atoms. The van der Waals surface area contributed by atoms with E-state index in [1.165, 1.54) is 0 Å². The van der Waals surface area contributed by atoms with Gasteiger partial charge in [0, 0.05) is 5.56 Å². The molecule has 1 aliphatic carbocycles. The third-order valence-corrected chi connectivity index (χ3v) is 4.65. The second-order valence-corrected chi connectivity index (χ2v) is 6.66. The van der Waals surface area contributed by atoms with Crippen LogP contribution in [0.25, 0.3) is 11.4 Å². The fraction of sp³-hybridized carbons (Fsp3) is 0.474. The van der Waals surface area contributed by atoms with E-state index in [1.807, 2.05) is 37.3 Å². The molecule has 6 heteroatoms. The van der Waals surface area contributed by atoms with Crippen LogP contribution in [0.2, 0.25) is 0 Å². The van der Waals surface area contributed by atoms with Crippen molar-refractivity contribution in [3.63, 3.8) is 0 Å². The third kappa shape index (κ3) is 4.05. The molecule has 1 fully saturated rings. The van der Waals surface area contributed by atoms with Gasteiger partial charge in [0.05, 0.1) is 6.07 Å². The monoisotopic (exact) mass is 337 g/mol. The van der Waals surface area contributed by atoms with E-state index < -0.39 is 5.54 Å². The SMILES string of the molecule is Cc1nc(-c2ccccc2)n(CC(=O)NC2(C#N)CCCCCC2)n1. The summed E-state index contributed by atoms with van der Waals surface area (Å²) in [5.41, 5.74) is 0.177. The first-order chi connectivity index (χ1) is 12.1. The van der Waals surface area contributed by atoms with Crippen LogP contribution >= 0.6 is 0 Å². The molecule has 1 aromatic carbocycles. The lowest BCUT2D eigenvalue weighted by molar-refractivity contribution is -0.123. The molecule has 1 amide bonds. The lowest BCUT2D eigenvalue weighted by atomic mass is 9.92. The summed E-state index contributed by atoms with van der Waals surface area (Å²) >= 11 is 0. The Morgan fingerprint density at radius 2 is 1.92 bits per heavy atom. The molecular weight excluding hydrogens is 314 g/mol. The van der Waals surface area contributed by atoms with Gasteiger partial charge in [0.1, 0.15) is 17.9 Å². The highest BCUT2D eigenvalue weighted by Gasteiger charge is 2.32. The smallest absolute Gasteiger partial charge is 0.243 e. The normalized spacial score (nSPS) is 16.6. The molecule has 25 heavy (non-hydrogen) atoms. The highest BCUT2D eigenvalue weighted by atomic mass is 16.2. The number of hydrogen-bond donors (Lipinski definition) is 1. The maximum atomic E-state index is 12.6. The number of amides is 1. The van der Waals surface area contributed by atoms with E-state index in [1.54, 1.807) is 4.68 Å². The number of carbonyl (C=O) groups excluding carboxylic acids is 1. The molecule has 1 aliphatic rings. The van der Waals surface area contributed by atoms with E-state index in [0.717, 1.165) is 44.1 Å². The van der Waals surface area contributed by atoms with Crippen molar-refractivity contribution in [2.24, 2.45) is 0 Å². The Morgan fingerprint density at radius 1 is 1.24 bits per heavy atom. The van der Waals surface area contributed by atoms with Crippen molar-refractivity contribution in [1.29, 1.82) is 5.26 Å². The highest BCUT2D eigenvalue weighted by molar-refractivity contribution is 5.77. The molecule has 0 aliphatic heterocycles. The number of aromatic nitrogens is 3. The van der Waals surface area contributed by atoms with Crippen molar-refractivity contribution in [2.75, 3.05) is 0 Å². The summed E-state index contributed by atoms with van der Waals surface area (Å²) in [7, 11) is 0. The van der Waals surface area contributed by atoms with Crippen molar-refractivity contribution in [2.45, 2.75) is 57.5 Å². The molecule has 2 aromatic rings. The van der Waals surface area contributed by atoms with Crippen molar-refractivity contribution in [3.8, 4) is 17.5 Å². The maximum Gasteiger partial charge on any atom is 0.243 e. The van der Waals surface area contributed by atoms with Crippen LogP contribution in [-0.4, -0.2) is 26.2 Å². The van der Waals surface area contributed by atoms with E-state index in [0.29, 0.717) is 11.6 Å². The average molecular weight is 337 g/mol. The van der Waals surface area contributed by atoms with Gasteiger partial charge in [-0.1, -0.05) is 56.0 Å². The van der Waals surface area contributed by atoms with Crippen LogP contribution in [0.1, 0.15) is 44.3 Å². The van der Waals surface area contributed by atoms with Crippen molar-refractivity contribution < 1.29 is 4.79 Å². The first-order valence-corrected chi connectivity index (χ1v) is 8.81. The Bertz CT molecular complexity index is 767. The summed E-state index contributed by atoms with van der Waals surface area (Å²) in [4.78, 5) is 17.0. The van der Waals surface area contributed by atoms with Crippen LogP contribution in [0.4, 0.5) is 0 Å². The van der Waals surface area contributed by atoms with Crippen LogP contribution in [0.15, 0.2) is 30.3 Å². The van der Waals surface area contributed by atoms with Gasteiger partial charge in [-0.3, -0.25) is 4.79 Å². The molecule has 0 unspecified atom stereocenters. The minimum atomic E-state index is -0.740. The summed E-state index contributed by atoms with van der Waals surface area (Å²) < 4.78 is 1.61. The van der Waals surface area contributed by atoms with Gasteiger partial charge in [-0.25, -0.2) is 9.67 Å². The quantitative estimate of drug-likeness (QED) is 0.869. The number of benzene rings is 1. The van der Waals surface area contributed by atoms with Gasteiger partial charge in [0.2, 0.25) is 5.91 Å². The number of nitrogens with one attached hydrogen (secondary N) is 1. The van der Waals surface area contributed by atoms with Gasteiger partial charge < -0.3 is 5.32 Å². The first kappa shape index (κ1) is 17.2. The van der Waals surface area contributed by atoms with Crippen molar-refractivity contribution >= 4 is 5.91 Å². The third-order valence-electron chi connectivity index (χ3n) is 4.65. The summed E-state index contributed by atoms with van der Waals surface area (Å²) in [5, 5.41) is 16.9. The molecular formula is C19H23N5O. The molecule has 3 rings (SSSR count). The fourth-order valence-corrected chi connectivity index (χ4v) is 3.41. The van der Waals surface area contributed by atoms with E-state index >= 15 is 0 Å². The van der Waals surface area contributed by atoms with Crippen LogP contribution < -0.4 is 5.32 Å². The van der Waals surface area contributed by atoms with E-state index in [-0.39, 0.29) is 12.5 Å². The standard InChI is InChI=1S/C19H23N5O/c1-15-21-18(16-9-5-4-6-10-16)24(23-15)13-17(25)22-19(14-20)11-7-2-3-8-12-19/h4-6,9-10H,2-3,7-8,11-13H2,1H3,(H,22,25). The van der Waals surface area contributed by atoms with E-state index in [9.17, 15) is 10.1 Å². The van der Waals surface area contributed by atoms with Crippen LogP contribution in [0, 0.1) is 18.3 Å². The Labute approximate surface area is 147 Å². The Kier molecular flexibility index (Phi) is 5.13. The fourth-order valence-electron chi connectivity index (χ4n) is 3.41. The van der Waals surface area contributed by atoms with Crippen LogP contribution in [0.3, 0.4) is 0 Å². The molecule has 1 N–H and O–H groups in total. The lowest BCUT2D eigenvalue weighted by Gasteiger charge is -2.26. The molecule has 0 atom stereocenters. The minimum Gasteiger partial charge on any atom is -0.336 e. The zero-order valence-corrected chi connectivity index (χ0v) is 14.5. The second-order valence-electron chi connectivity index (χ2n) is 6.66. The Morgan fingerprint density at radius 3 is 2.56 bits per heavy atom. The van der Waals surface area contributed by atoms with Crippen molar-refractivity contribution in [1.82, 2.24) is 20.1 Å². The zero-order chi connectivity index (χ0) is 17.7. The molecule has 0 saturated heterocycles. The first-order valence-electron chi connectivity index (χ1n) is 8.81. The second kappa shape index (κ2) is 7.47. The maximum absolute atomic E-state index is 12.6. The average Bonchev–Trinajstić information content (AvgIpc) is 2.82. The predicted molar refractivity (Wildman–Crippen MR) is 94.4 cm³/mol. The molecule has 1 aromatic heterocycles. The highest BCUT2D eigenvalue weighted by Crippen LogP contribution is 2.26. The largest absolute Gasteiger partial charge is 0.336 e. The van der Waals surface area contributed by atoms with Crippen LogP contribution in [-0.2, 0) is 11.3 Å². The summed E-state index contributed by atoms with van der Waals surface area (Å²) in [6.45, 7) is 1.87. The lowest BCUT2D eigenvalue weighted by Crippen LogP contribution is -2.48. The van der Waals surface area contributed by atoms with Gasteiger partial charge in [-0.05, 0) is 19.8 Å². The summed E-state index contributed by atoms with van der Waals surface area (Å²) in [6.07, 6.45) is 5.64. The zero-order valence-electron chi connectivity index (χ0n) is 14.5.